The Morgan fingerprint density at radius 1 is 1.10 bits per heavy atom. The van der Waals surface area contributed by atoms with Gasteiger partial charge >= 0.3 is 12.0 Å². The van der Waals surface area contributed by atoms with Crippen LogP contribution in [-0.4, -0.2) is 46.1 Å². The number of anilines is 2. The van der Waals surface area contributed by atoms with Crippen molar-refractivity contribution in [1.29, 1.82) is 5.41 Å². The number of benzene rings is 2. The summed E-state index contributed by atoms with van der Waals surface area (Å²) in [7, 11) is 0. The molecule has 0 saturated heterocycles. The number of nitrogens with one attached hydrogen (secondary N) is 2. The van der Waals surface area contributed by atoms with Crippen LogP contribution < -0.4 is 16.0 Å². The molecule has 10 nitrogen and oxygen atoms in total. The number of nitrogens with zero attached hydrogens (tertiary/aromatic N) is 3. The van der Waals surface area contributed by atoms with Crippen molar-refractivity contribution in [2.24, 2.45) is 10.7 Å². The van der Waals surface area contributed by atoms with Gasteiger partial charge < -0.3 is 16.2 Å². The number of aromatic nitrogens is 1. The second-order valence-corrected chi connectivity index (χ2v) is 6.78. The Bertz CT molecular complexity index is 1280. The van der Waals surface area contributed by atoms with E-state index in [0.717, 1.165) is 10.8 Å². The second-order valence-electron chi connectivity index (χ2n) is 6.78. The minimum atomic E-state index is -1.24. The van der Waals surface area contributed by atoms with E-state index < -0.39 is 17.9 Å². The highest BCUT2D eigenvalue weighted by Crippen LogP contribution is 2.22. The molecule has 0 spiro atoms. The Morgan fingerprint density at radius 2 is 1.84 bits per heavy atom. The molecule has 5 N–H and O–H groups in total. The first-order valence-electron chi connectivity index (χ1n) is 9.10. The maximum atomic E-state index is 12.6. The van der Waals surface area contributed by atoms with E-state index in [9.17, 15) is 14.4 Å². The largest absolute Gasteiger partial charge is 0.477 e. The van der Waals surface area contributed by atoms with E-state index in [1.54, 1.807) is 54.7 Å². The number of carbonyl (C=O) groups is 3. The lowest BCUT2D eigenvalue weighted by atomic mass is 10.1. The molecule has 3 aromatic rings. The van der Waals surface area contributed by atoms with Gasteiger partial charge in [-0.2, -0.15) is 4.99 Å². The lowest BCUT2D eigenvalue weighted by Crippen LogP contribution is -2.28. The van der Waals surface area contributed by atoms with Crippen LogP contribution in [-0.2, 0) is 4.79 Å². The maximum absolute atomic E-state index is 12.6. The number of amides is 3. The lowest BCUT2D eigenvalue weighted by molar-refractivity contribution is -0.129. The summed E-state index contributed by atoms with van der Waals surface area (Å²) in [6.45, 7) is -0.119. The number of carboxylic acid groups (broad SMARTS) is 1. The first-order valence-corrected chi connectivity index (χ1v) is 9.10. The fourth-order valence-electron chi connectivity index (χ4n) is 3.10. The topological polar surface area (TPSA) is 162 Å². The minimum absolute atomic E-state index is 0.0476. The van der Waals surface area contributed by atoms with Gasteiger partial charge in [0.2, 0.25) is 0 Å². The highest BCUT2D eigenvalue weighted by molar-refractivity contribution is 6.41. The summed E-state index contributed by atoms with van der Waals surface area (Å²) in [5.41, 5.74) is 7.00. The molecule has 154 valence electrons. The molecule has 4 rings (SSSR count). The number of urea groups is 1. The fraction of sp³-hybridized carbons (Fsp3) is 0.0476. The number of aliphatic imine (C=N–C) groups is 1. The highest BCUT2D eigenvalue weighted by Gasteiger charge is 2.28. The molecule has 2 aromatic carbocycles. The van der Waals surface area contributed by atoms with Gasteiger partial charge in [-0.05, 0) is 41.8 Å². The summed E-state index contributed by atoms with van der Waals surface area (Å²) >= 11 is 0. The molecule has 0 bridgehead atoms. The Labute approximate surface area is 175 Å². The van der Waals surface area contributed by atoms with E-state index in [-0.39, 0.29) is 23.8 Å². The van der Waals surface area contributed by atoms with Gasteiger partial charge in [0, 0.05) is 28.5 Å². The number of aliphatic carboxylic acids is 1. The molecule has 10 heteroatoms. The van der Waals surface area contributed by atoms with Crippen LogP contribution in [0, 0.1) is 5.41 Å². The summed E-state index contributed by atoms with van der Waals surface area (Å²) in [6.07, 6.45) is 1.54. The molecule has 1 aliphatic heterocycles. The van der Waals surface area contributed by atoms with E-state index >= 15 is 0 Å². The average molecular weight is 416 g/mol. The number of nitrogens with two attached hydrogens (primary N) is 1. The summed E-state index contributed by atoms with van der Waals surface area (Å²) in [5, 5.41) is 20.7. The number of carbonyl (C=O) groups excluding carboxylic acids is 2. The third-order valence-corrected chi connectivity index (χ3v) is 4.72. The van der Waals surface area contributed by atoms with Gasteiger partial charge in [0.25, 0.3) is 5.91 Å². The quantitative estimate of drug-likeness (QED) is 0.368. The van der Waals surface area contributed by atoms with Gasteiger partial charge in [0.15, 0.2) is 5.71 Å². The fourth-order valence-corrected chi connectivity index (χ4v) is 3.10. The molecule has 2 heterocycles. The van der Waals surface area contributed by atoms with E-state index in [1.165, 1.54) is 4.90 Å². The zero-order valence-corrected chi connectivity index (χ0v) is 16.0. The van der Waals surface area contributed by atoms with Gasteiger partial charge in [-0.25, -0.2) is 9.59 Å². The van der Waals surface area contributed by atoms with Crippen LogP contribution in [0.25, 0.3) is 10.8 Å². The molecule has 3 amide bonds. The van der Waals surface area contributed by atoms with Crippen LogP contribution in [0.5, 0.6) is 0 Å². The normalized spacial score (nSPS) is 13.2. The Kier molecular flexibility index (Phi) is 4.88. The van der Waals surface area contributed by atoms with Crippen molar-refractivity contribution < 1.29 is 19.5 Å². The number of nitrogen functional groups attached to an aromatic ring is 1. The zero-order chi connectivity index (χ0) is 22.1. The molecule has 1 aromatic heterocycles. The van der Waals surface area contributed by atoms with Gasteiger partial charge in [0.05, 0.1) is 6.54 Å². The zero-order valence-electron chi connectivity index (χ0n) is 16.0. The van der Waals surface area contributed by atoms with Crippen LogP contribution in [0.1, 0.15) is 16.1 Å². The van der Waals surface area contributed by atoms with Crippen LogP contribution in [0.3, 0.4) is 0 Å². The monoisotopic (exact) mass is 416 g/mol. The SMILES string of the molecule is N=C(N)c1ccc2cc(C(=O)Nc3ccc(N4CC(C(=O)O)=NC4=O)cc3)ncc2c1. The summed E-state index contributed by atoms with van der Waals surface area (Å²) in [4.78, 5) is 44.3. The number of rotatable bonds is 5. The molecule has 0 aliphatic carbocycles. The van der Waals surface area contributed by atoms with Crippen molar-refractivity contribution in [3.8, 4) is 0 Å². The number of carboxylic acids is 1. The van der Waals surface area contributed by atoms with Crippen LogP contribution in [0.15, 0.2) is 59.7 Å². The Morgan fingerprint density at radius 3 is 2.48 bits per heavy atom. The average Bonchev–Trinajstić information content (AvgIpc) is 3.15. The Hall–Kier alpha value is -4.60. The number of hydrogen-bond donors (Lipinski definition) is 4. The summed E-state index contributed by atoms with van der Waals surface area (Å²) in [6, 6.07) is 12.5. The van der Waals surface area contributed by atoms with Crippen molar-refractivity contribution in [2.75, 3.05) is 16.8 Å². The summed E-state index contributed by atoms with van der Waals surface area (Å²) in [5.74, 6) is -1.70. The maximum Gasteiger partial charge on any atom is 0.352 e. The molecule has 0 saturated carbocycles. The third-order valence-electron chi connectivity index (χ3n) is 4.72. The van der Waals surface area contributed by atoms with E-state index in [1.807, 2.05) is 0 Å². The van der Waals surface area contributed by atoms with Gasteiger partial charge in [-0.1, -0.05) is 12.1 Å². The molecule has 0 atom stereocenters. The van der Waals surface area contributed by atoms with Crippen molar-refractivity contribution in [2.45, 2.75) is 0 Å². The van der Waals surface area contributed by atoms with Crippen LogP contribution in [0.2, 0.25) is 0 Å². The molecule has 1 aliphatic rings. The van der Waals surface area contributed by atoms with Crippen molar-refractivity contribution in [1.82, 2.24) is 4.98 Å². The molecule has 0 radical (unpaired) electrons. The molecular formula is C21H16N6O4. The van der Waals surface area contributed by atoms with E-state index in [4.69, 9.17) is 16.2 Å². The van der Waals surface area contributed by atoms with Crippen LogP contribution in [0.4, 0.5) is 16.2 Å². The predicted molar refractivity (Wildman–Crippen MR) is 115 cm³/mol. The number of pyridine rings is 1. The Balaban J connectivity index is 1.47. The molecular weight excluding hydrogens is 400 g/mol. The van der Waals surface area contributed by atoms with Gasteiger partial charge in [-0.3, -0.25) is 20.1 Å². The highest BCUT2D eigenvalue weighted by atomic mass is 16.4. The smallest absolute Gasteiger partial charge is 0.352 e. The van der Waals surface area contributed by atoms with Crippen molar-refractivity contribution in [3.05, 3.63) is 66.0 Å². The standard InChI is InChI=1S/C21H16N6O4/c22-18(23)12-2-1-11-8-16(24-9-13(11)7-12)19(28)25-14-3-5-15(6-4-14)27-10-17(20(29)30)26-21(27)31/h1-9H,10H2,(H3,22,23)(H,25,28)(H,29,30). The number of hydrogen-bond acceptors (Lipinski definition) is 5. The molecule has 0 fully saturated rings. The number of amidine groups is 1. The van der Waals surface area contributed by atoms with Gasteiger partial charge in [-0.15, -0.1) is 0 Å². The summed E-state index contributed by atoms with van der Waals surface area (Å²) < 4.78 is 0. The van der Waals surface area contributed by atoms with Crippen LogP contribution >= 0.6 is 0 Å². The predicted octanol–water partition coefficient (Wildman–Crippen LogP) is 2.24. The van der Waals surface area contributed by atoms with E-state index in [0.29, 0.717) is 16.9 Å². The third kappa shape index (κ3) is 3.94. The lowest BCUT2D eigenvalue weighted by Gasteiger charge is -2.15. The molecule has 31 heavy (non-hydrogen) atoms. The second kappa shape index (κ2) is 7.67. The molecule has 0 unspecified atom stereocenters. The van der Waals surface area contributed by atoms with Crippen molar-refractivity contribution >= 4 is 51.6 Å². The van der Waals surface area contributed by atoms with Gasteiger partial charge in [0.1, 0.15) is 11.5 Å². The first kappa shape index (κ1) is 19.7. The van der Waals surface area contributed by atoms with E-state index in [2.05, 4.69) is 15.3 Å². The number of fused-ring (bicyclic) bond motifs is 1. The first-order chi connectivity index (χ1) is 14.8. The minimum Gasteiger partial charge on any atom is -0.477 e. The van der Waals surface area contributed by atoms with Crippen molar-refractivity contribution in [3.63, 3.8) is 0 Å².